The molecule has 2 heteroatoms. The highest BCUT2D eigenvalue weighted by Crippen LogP contribution is 2.57. The Bertz CT molecular complexity index is 431. The number of aryl methyl sites for hydroxylation is 1. The number of rotatable bonds is 3. The van der Waals surface area contributed by atoms with E-state index in [0.717, 1.165) is 23.0 Å². The molecule has 2 aliphatic rings. The molecule has 2 fully saturated rings. The van der Waals surface area contributed by atoms with Crippen LogP contribution in [0.5, 0.6) is 0 Å². The molecule has 0 spiro atoms. The lowest BCUT2D eigenvalue weighted by molar-refractivity contribution is 0.140. The fourth-order valence-corrected chi connectivity index (χ4v) is 3.84. The third-order valence-corrected chi connectivity index (χ3v) is 4.91. The van der Waals surface area contributed by atoms with Crippen molar-refractivity contribution in [3.8, 4) is 0 Å². The van der Waals surface area contributed by atoms with Crippen LogP contribution in [0.2, 0.25) is 0 Å². The Morgan fingerprint density at radius 1 is 1.28 bits per heavy atom. The van der Waals surface area contributed by atoms with Crippen molar-refractivity contribution in [3.05, 3.63) is 35.1 Å². The Kier molecular flexibility index (Phi) is 3.14. The molecule has 3 unspecified atom stereocenters. The van der Waals surface area contributed by atoms with Crippen molar-refractivity contribution < 1.29 is 9.50 Å². The van der Waals surface area contributed by atoms with E-state index in [1.807, 2.05) is 6.92 Å². The summed E-state index contributed by atoms with van der Waals surface area (Å²) in [4.78, 5) is 0. The zero-order valence-corrected chi connectivity index (χ0v) is 10.9. The van der Waals surface area contributed by atoms with E-state index < -0.39 is 0 Å². The molecule has 0 radical (unpaired) electrons. The first-order valence-corrected chi connectivity index (χ1v) is 7.10. The standard InChI is InChI=1S/C16H21FO/c1-10-6-7-12(17)8-11(10)9-15(18)16-13-4-2-3-5-14(13)16/h6-8,13-16,18H,2-5,9H2,1H3. The SMILES string of the molecule is Cc1ccc(F)cc1CC(O)C1C2CCCCC21. The third kappa shape index (κ3) is 2.18. The molecule has 0 aromatic heterocycles. The average Bonchev–Trinajstić information content (AvgIpc) is 3.08. The lowest BCUT2D eigenvalue weighted by Gasteiger charge is -2.12. The molecule has 1 aromatic rings. The van der Waals surface area contributed by atoms with Gasteiger partial charge < -0.3 is 5.11 Å². The van der Waals surface area contributed by atoms with E-state index >= 15 is 0 Å². The molecule has 2 aliphatic carbocycles. The first-order valence-electron chi connectivity index (χ1n) is 7.10. The van der Waals surface area contributed by atoms with Crippen LogP contribution in [-0.4, -0.2) is 11.2 Å². The second-order valence-corrected chi connectivity index (χ2v) is 6.03. The highest BCUT2D eigenvalue weighted by molar-refractivity contribution is 5.27. The van der Waals surface area contributed by atoms with Crippen molar-refractivity contribution in [2.24, 2.45) is 17.8 Å². The summed E-state index contributed by atoms with van der Waals surface area (Å²) in [5, 5.41) is 10.4. The van der Waals surface area contributed by atoms with Gasteiger partial charge in [-0.3, -0.25) is 0 Å². The minimum absolute atomic E-state index is 0.198. The Labute approximate surface area is 108 Å². The van der Waals surface area contributed by atoms with Crippen LogP contribution in [0.3, 0.4) is 0 Å². The third-order valence-electron chi connectivity index (χ3n) is 4.91. The first kappa shape index (κ1) is 12.2. The molecule has 0 bridgehead atoms. The van der Waals surface area contributed by atoms with Gasteiger partial charge in [0, 0.05) is 0 Å². The number of fused-ring (bicyclic) bond motifs is 1. The smallest absolute Gasteiger partial charge is 0.123 e. The number of halogens is 1. The highest BCUT2D eigenvalue weighted by atomic mass is 19.1. The topological polar surface area (TPSA) is 20.2 Å². The maximum Gasteiger partial charge on any atom is 0.123 e. The van der Waals surface area contributed by atoms with Gasteiger partial charge in [-0.2, -0.15) is 0 Å². The Morgan fingerprint density at radius 2 is 1.94 bits per heavy atom. The van der Waals surface area contributed by atoms with E-state index in [2.05, 4.69) is 0 Å². The van der Waals surface area contributed by atoms with Gasteiger partial charge in [0.05, 0.1) is 6.10 Å². The van der Waals surface area contributed by atoms with Crippen LogP contribution >= 0.6 is 0 Å². The van der Waals surface area contributed by atoms with Crippen molar-refractivity contribution in [2.45, 2.75) is 45.1 Å². The highest BCUT2D eigenvalue weighted by Gasteiger charge is 2.53. The second kappa shape index (κ2) is 4.65. The van der Waals surface area contributed by atoms with Gasteiger partial charge in [0.2, 0.25) is 0 Å². The molecule has 0 aliphatic heterocycles. The largest absolute Gasteiger partial charge is 0.392 e. The van der Waals surface area contributed by atoms with E-state index in [1.54, 1.807) is 12.1 Å². The number of aliphatic hydroxyl groups excluding tert-OH is 1. The van der Waals surface area contributed by atoms with Gasteiger partial charge in [-0.15, -0.1) is 0 Å². The van der Waals surface area contributed by atoms with Crippen LogP contribution in [0, 0.1) is 30.5 Å². The minimum Gasteiger partial charge on any atom is -0.392 e. The van der Waals surface area contributed by atoms with Crippen molar-refractivity contribution in [3.63, 3.8) is 0 Å². The van der Waals surface area contributed by atoms with Gasteiger partial charge in [-0.05, 0) is 67.2 Å². The fraction of sp³-hybridized carbons (Fsp3) is 0.625. The maximum atomic E-state index is 13.2. The molecule has 1 aromatic carbocycles. The summed E-state index contributed by atoms with van der Waals surface area (Å²) in [5.74, 6) is 1.79. The van der Waals surface area contributed by atoms with Gasteiger partial charge in [-0.1, -0.05) is 18.9 Å². The second-order valence-electron chi connectivity index (χ2n) is 6.03. The normalized spacial score (nSPS) is 31.8. The van der Waals surface area contributed by atoms with Gasteiger partial charge >= 0.3 is 0 Å². The van der Waals surface area contributed by atoms with Gasteiger partial charge in [-0.25, -0.2) is 4.39 Å². The van der Waals surface area contributed by atoms with Crippen molar-refractivity contribution in [1.29, 1.82) is 0 Å². The summed E-state index contributed by atoms with van der Waals surface area (Å²) in [7, 11) is 0. The quantitative estimate of drug-likeness (QED) is 0.868. The average molecular weight is 248 g/mol. The van der Waals surface area contributed by atoms with Crippen LogP contribution < -0.4 is 0 Å². The molecule has 98 valence electrons. The summed E-state index contributed by atoms with van der Waals surface area (Å²) >= 11 is 0. The van der Waals surface area contributed by atoms with Crippen LogP contribution in [0.4, 0.5) is 4.39 Å². The van der Waals surface area contributed by atoms with Crippen molar-refractivity contribution >= 4 is 0 Å². The molecular formula is C16H21FO. The molecule has 0 heterocycles. The Balaban J connectivity index is 1.67. The fourth-order valence-electron chi connectivity index (χ4n) is 3.84. The zero-order valence-electron chi connectivity index (χ0n) is 10.9. The van der Waals surface area contributed by atoms with E-state index in [0.29, 0.717) is 12.3 Å². The molecule has 3 rings (SSSR count). The predicted molar refractivity (Wildman–Crippen MR) is 69.8 cm³/mol. The summed E-state index contributed by atoms with van der Waals surface area (Å²) in [5.41, 5.74) is 2.05. The molecule has 0 saturated heterocycles. The molecule has 0 amide bonds. The maximum absolute atomic E-state index is 13.2. The van der Waals surface area contributed by atoms with Crippen LogP contribution in [-0.2, 0) is 6.42 Å². The minimum atomic E-state index is -0.279. The monoisotopic (exact) mass is 248 g/mol. The summed E-state index contributed by atoms with van der Waals surface area (Å²) in [6.45, 7) is 1.99. The number of benzene rings is 1. The summed E-state index contributed by atoms with van der Waals surface area (Å²) in [6.07, 6.45) is 5.55. The number of hydrogen-bond acceptors (Lipinski definition) is 1. The van der Waals surface area contributed by atoms with E-state index in [9.17, 15) is 9.50 Å². The molecule has 3 atom stereocenters. The zero-order chi connectivity index (χ0) is 12.7. The first-order chi connectivity index (χ1) is 8.66. The number of aliphatic hydroxyl groups is 1. The molecule has 18 heavy (non-hydrogen) atoms. The summed E-state index contributed by atoms with van der Waals surface area (Å²) in [6, 6.07) is 4.87. The Hall–Kier alpha value is -0.890. The van der Waals surface area contributed by atoms with Gasteiger partial charge in [0.1, 0.15) is 5.82 Å². The van der Waals surface area contributed by atoms with Crippen molar-refractivity contribution in [2.75, 3.05) is 0 Å². The Morgan fingerprint density at radius 3 is 2.61 bits per heavy atom. The predicted octanol–water partition coefficient (Wildman–Crippen LogP) is 3.47. The van der Waals surface area contributed by atoms with Gasteiger partial charge in [0.15, 0.2) is 0 Å². The van der Waals surface area contributed by atoms with Crippen LogP contribution in [0.25, 0.3) is 0 Å². The molecule has 2 saturated carbocycles. The van der Waals surface area contributed by atoms with E-state index in [-0.39, 0.29) is 11.9 Å². The number of hydrogen-bond donors (Lipinski definition) is 1. The lowest BCUT2D eigenvalue weighted by atomic mass is 9.99. The van der Waals surface area contributed by atoms with Crippen molar-refractivity contribution in [1.82, 2.24) is 0 Å². The van der Waals surface area contributed by atoms with Crippen LogP contribution in [0.15, 0.2) is 18.2 Å². The van der Waals surface area contributed by atoms with E-state index in [1.165, 1.54) is 31.7 Å². The van der Waals surface area contributed by atoms with Gasteiger partial charge in [0.25, 0.3) is 0 Å². The molecular weight excluding hydrogens is 227 g/mol. The molecule has 1 N–H and O–H groups in total. The lowest BCUT2D eigenvalue weighted by Crippen LogP contribution is -2.16. The molecule has 1 nitrogen and oxygen atoms in total. The summed E-state index contributed by atoms with van der Waals surface area (Å²) < 4.78 is 13.2. The van der Waals surface area contributed by atoms with E-state index in [4.69, 9.17) is 0 Å². The van der Waals surface area contributed by atoms with Crippen LogP contribution in [0.1, 0.15) is 36.8 Å².